The van der Waals surface area contributed by atoms with E-state index in [1.165, 1.54) is 0 Å². The molecule has 210 valence electrons. The van der Waals surface area contributed by atoms with E-state index in [9.17, 15) is 0 Å². The molecular weight excluding hydrogens is 514 g/mol. The van der Waals surface area contributed by atoms with Crippen molar-refractivity contribution in [2.75, 3.05) is 18.4 Å². The standard InChI is InChI=1S/C31H35N9O/c1-3-5-24(41-23-7-10-33-11-8-23)12-21(15-32)27-13-25-22(16-35-27)17-37-39-30(25)28-14-26-29(40-18-20(2)36-19-40)6-4-9-34-31(26)38-28/h3-6,9,12-16,18-19,23,33-34,37-38H,7-8,10-11,17,32H2,1-2H3/b5-3?,21-15+,24-12+. The fraction of sp³-hybridized carbons (Fsp3) is 0.258. The first-order valence-electron chi connectivity index (χ1n) is 13.9. The second-order valence-corrected chi connectivity index (χ2v) is 10.2. The number of H-pyrrole nitrogens is 1. The van der Waals surface area contributed by atoms with Gasteiger partial charge >= 0.3 is 0 Å². The van der Waals surface area contributed by atoms with Crippen LogP contribution in [0.1, 0.15) is 53.5 Å². The van der Waals surface area contributed by atoms with Crippen LogP contribution in [0.15, 0.2) is 84.5 Å². The lowest BCUT2D eigenvalue weighted by atomic mass is 9.98. The van der Waals surface area contributed by atoms with E-state index in [1.54, 1.807) is 6.20 Å². The molecule has 0 saturated carbocycles. The smallest absolute Gasteiger partial charge is 0.120 e. The van der Waals surface area contributed by atoms with Gasteiger partial charge in [-0.2, -0.15) is 5.10 Å². The second kappa shape index (κ2) is 11.7. The summed E-state index contributed by atoms with van der Waals surface area (Å²) in [4.78, 5) is 12.7. The lowest BCUT2D eigenvalue weighted by molar-refractivity contribution is 0.0961. The number of anilines is 1. The minimum atomic E-state index is 0.177. The van der Waals surface area contributed by atoms with Crippen LogP contribution in [0.3, 0.4) is 0 Å². The molecule has 1 fully saturated rings. The van der Waals surface area contributed by atoms with Gasteiger partial charge < -0.3 is 36.1 Å². The highest BCUT2D eigenvalue weighted by Crippen LogP contribution is 2.31. The summed E-state index contributed by atoms with van der Waals surface area (Å²) in [6.07, 6.45) is 21.3. The third-order valence-electron chi connectivity index (χ3n) is 7.31. The number of allylic oxidation sites excluding steroid dienone is 6. The highest BCUT2D eigenvalue weighted by atomic mass is 16.5. The maximum absolute atomic E-state index is 6.34. The topological polar surface area (TPSA) is 130 Å². The Balaban J connectivity index is 1.33. The van der Waals surface area contributed by atoms with Crippen LogP contribution in [-0.4, -0.2) is 44.4 Å². The van der Waals surface area contributed by atoms with Crippen LogP contribution >= 0.6 is 0 Å². The molecule has 10 heteroatoms. The molecule has 1 saturated heterocycles. The van der Waals surface area contributed by atoms with Gasteiger partial charge in [-0.3, -0.25) is 4.98 Å². The first-order valence-corrected chi connectivity index (χ1v) is 13.9. The molecule has 0 radical (unpaired) electrons. The third kappa shape index (κ3) is 5.59. The number of hydrazone groups is 1. The number of ether oxygens (including phenoxy) is 1. The highest BCUT2D eigenvalue weighted by Gasteiger charge is 2.23. The summed E-state index contributed by atoms with van der Waals surface area (Å²) in [5.41, 5.74) is 17.5. The number of hydrogen-bond donors (Lipinski definition) is 5. The molecule has 0 unspecified atom stereocenters. The number of pyridine rings is 1. The maximum atomic E-state index is 6.34. The largest absolute Gasteiger partial charge is 0.490 e. The van der Waals surface area contributed by atoms with Gasteiger partial charge in [0.2, 0.25) is 0 Å². The van der Waals surface area contributed by atoms with E-state index in [-0.39, 0.29) is 6.10 Å². The van der Waals surface area contributed by atoms with Crippen LogP contribution < -0.4 is 21.8 Å². The summed E-state index contributed by atoms with van der Waals surface area (Å²) >= 11 is 0. The van der Waals surface area contributed by atoms with Gasteiger partial charge in [-0.25, -0.2) is 4.98 Å². The number of imidazole rings is 1. The lowest BCUT2D eigenvalue weighted by Gasteiger charge is -2.24. The van der Waals surface area contributed by atoms with E-state index in [2.05, 4.69) is 44.2 Å². The number of nitrogens with one attached hydrogen (secondary N) is 4. The minimum Gasteiger partial charge on any atom is -0.490 e. The molecule has 6 N–H and O–H groups in total. The molecular formula is C31H35N9O. The molecule has 0 spiro atoms. The molecule has 0 aliphatic carbocycles. The van der Waals surface area contributed by atoms with Gasteiger partial charge in [0.25, 0.3) is 0 Å². The molecule has 3 aliphatic rings. The van der Waals surface area contributed by atoms with E-state index in [0.29, 0.717) is 6.54 Å². The summed E-state index contributed by atoms with van der Waals surface area (Å²) in [5, 5.41) is 11.5. The molecule has 3 aromatic rings. The van der Waals surface area contributed by atoms with Crippen molar-refractivity contribution in [3.8, 4) is 0 Å². The number of piperidine rings is 1. The number of aromatic nitrogens is 4. The molecule has 6 rings (SSSR count). The zero-order chi connectivity index (χ0) is 28.2. The van der Waals surface area contributed by atoms with Gasteiger partial charge in [-0.05, 0) is 76.2 Å². The van der Waals surface area contributed by atoms with E-state index in [0.717, 1.165) is 88.3 Å². The Morgan fingerprint density at radius 2 is 2.05 bits per heavy atom. The fourth-order valence-electron chi connectivity index (χ4n) is 5.26. The Bertz CT molecular complexity index is 1610. The Labute approximate surface area is 239 Å². The SMILES string of the molecule is CC=C/C(=C\C(=C/N)c1cc2c(cn1)CNN=C2c1cc2c([nH]1)NC=CC=C2n1cnc(C)c1)OC1CCNCC1. The molecule has 0 bridgehead atoms. The van der Waals surface area contributed by atoms with Gasteiger partial charge in [0, 0.05) is 47.1 Å². The lowest BCUT2D eigenvalue weighted by Crippen LogP contribution is -2.32. The van der Waals surface area contributed by atoms with Crippen LogP contribution in [0.4, 0.5) is 5.82 Å². The molecule has 0 amide bonds. The summed E-state index contributed by atoms with van der Waals surface area (Å²) in [6.45, 7) is 6.48. The van der Waals surface area contributed by atoms with Gasteiger partial charge in [0.05, 0.1) is 35.7 Å². The highest BCUT2D eigenvalue weighted by molar-refractivity contribution is 6.14. The van der Waals surface area contributed by atoms with Gasteiger partial charge in [0.15, 0.2) is 0 Å². The first kappa shape index (κ1) is 26.4. The van der Waals surface area contributed by atoms with Crippen LogP contribution in [0.25, 0.3) is 11.3 Å². The van der Waals surface area contributed by atoms with Crippen molar-refractivity contribution >= 4 is 22.8 Å². The number of fused-ring (bicyclic) bond motifs is 2. The zero-order valence-corrected chi connectivity index (χ0v) is 23.3. The first-order chi connectivity index (χ1) is 20.1. The molecule has 0 aromatic carbocycles. The Morgan fingerprint density at radius 3 is 2.83 bits per heavy atom. The van der Waals surface area contributed by atoms with Crippen molar-refractivity contribution in [3.05, 3.63) is 113 Å². The summed E-state index contributed by atoms with van der Waals surface area (Å²) < 4.78 is 8.37. The predicted molar refractivity (Wildman–Crippen MR) is 163 cm³/mol. The molecule has 10 nitrogen and oxygen atoms in total. The average molecular weight is 550 g/mol. The van der Waals surface area contributed by atoms with Gasteiger partial charge in [-0.15, -0.1) is 0 Å². The summed E-state index contributed by atoms with van der Waals surface area (Å²) in [7, 11) is 0. The molecule has 3 aromatic heterocycles. The van der Waals surface area contributed by atoms with E-state index in [1.807, 2.05) is 67.6 Å². The zero-order valence-electron chi connectivity index (χ0n) is 23.3. The molecule has 6 heterocycles. The van der Waals surface area contributed by atoms with Crippen LogP contribution in [-0.2, 0) is 11.3 Å². The quantitative estimate of drug-likeness (QED) is 0.221. The van der Waals surface area contributed by atoms with Crippen molar-refractivity contribution in [2.45, 2.75) is 39.3 Å². The second-order valence-electron chi connectivity index (χ2n) is 10.2. The number of rotatable bonds is 7. The van der Waals surface area contributed by atoms with Crippen LogP contribution in [0, 0.1) is 6.92 Å². The van der Waals surface area contributed by atoms with E-state index < -0.39 is 0 Å². The number of aryl methyl sites for hydroxylation is 1. The minimum absolute atomic E-state index is 0.177. The Morgan fingerprint density at radius 1 is 1.17 bits per heavy atom. The normalized spacial score (nSPS) is 17.7. The van der Waals surface area contributed by atoms with Gasteiger partial charge in [-0.1, -0.05) is 6.08 Å². The Hall–Kier alpha value is -4.83. The number of aromatic amines is 1. The maximum Gasteiger partial charge on any atom is 0.120 e. The van der Waals surface area contributed by atoms with Crippen molar-refractivity contribution < 1.29 is 4.74 Å². The van der Waals surface area contributed by atoms with Gasteiger partial charge in [0.1, 0.15) is 23.4 Å². The summed E-state index contributed by atoms with van der Waals surface area (Å²) in [5.74, 6) is 1.65. The number of nitrogens with two attached hydrogens (primary N) is 1. The molecule has 41 heavy (non-hydrogen) atoms. The predicted octanol–water partition coefficient (Wildman–Crippen LogP) is 4.13. The monoisotopic (exact) mass is 549 g/mol. The van der Waals surface area contributed by atoms with E-state index >= 15 is 0 Å². The van der Waals surface area contributed by atoms with Crippen molar-refractivity contribution in [1.29, 1.82) is 0 Å². The molecule has 3 aliphatic heterocycles. The summed E-state index contributed by atoms with van der Waals surface area (Å²) in [6, 6.07) is 4.17. The van der Waals surface area contributed by atoms with Crippen LogP contribution in [0.2, 0.25) is 0 Å². The number of hydrogen-bond acceptors (Lipinski definition) is 8. The van der Waals surface area contributed by atoms with Crippen LogP contribution in [0.5, 0.6) is 0 Å². The number of nitrogens with zero attached hydrogens (tertiary/aromatic N) is 4. The third-order valence-corrected chi connectivity index (χ3v) is 7.31. The Kier molecular flexibility index (Phi) is 7.55. The van der Waals surface area contributed by atoms with Crippen molar-refractivity contribution in [3.63, 3.8) is 0 Å². The fourth-order valence-corrected chi connectivity index (χ4v) is 5.26. The van der Waals surface area contributed by atoms with E-state index in [4.69, 9.17) is 20.6 Å². The van der Waals surface area contributed by atoms with Crippen molar-refractivity contribution in [2.24, 2.45) is 10.8 Å². The average Bonchev–Trinajstić information content (AvgIpc) is 3.57. The molecule has 0 atom stereocenters. The van der Waals surface area contributed by atoms with Crippen molar-refractivity contribution in [1.82, 2.24) is 30.3 Å².